The number of amides is 1. The van der Waals surface area contributed by atoms with Gasteiger partial charge in [-0.15, -0.1) is 11.3 Å². The molecule has 4 N–H and O–H groups in total. The second-order valence-electron chi connectivity index (χ2n) is 5.64. The van der Waals surface area contributed by atoms with Crippen LogP contribution in [0.4, 0.5) is 0 Å². The van der Waals surface area contributed by atoms with Gasteiger partial charge in [-0.25, -0.2) is 4.98 Å². The average Bonchev–Trinajstić information content (AvgIpc) is 2.73. The fourth-order valence-corrected chi connectivity index (χ4v) is 2.67. The monoisotopic (exact) mass is 285 g/mol. The summed E-state index contributed by atoms with van der Waals surface area (Å²) in [5, 5.41) is 15.3. The fraction of sp³-hybridized carbons (Fsp3) is 0.692. The second kappa shape index (κ2) is 6.45. The minimum atomic E-state index is -0.899. The van der Waals surface area contributed by atoms with E-state index in [1.54, 1.807) is 12.3 Å². The summed E-state index contributed by atoms with van der Waals surface area (Å²) in [7, 11) is 0. The first-order valence-electron chi connectivity index (χ1n) is 6.43. The first-order valence-corrected chi connectivity index (χ1v) is 7.31. The lowest BCUT2D eigenvalue weighted by Crippen LogP contribution is -2.41. The molecule has 0 saturated carbocycles. The highest BCUT2D eigenvalue weighted by molar-refractivity contribution is 7.09. The van der Waals surface area contributed by atoms with Crippen molar-refractivity contribution in [3.05, 3.63) is 16.1 Å². The molecule has 0 radical (unpaired) electrons. The molecule has 0 aliphatic rings. The van der Waals surface area contributed by atoms with Crippen molar-refractivity contribution >= 4 is 17.2 Å². The van der Waals surface area contributed by atoms with Crippen molar-refractivity contribution < 1.29 is 9.90 Å². The number of hydrogen-bond donors (Lipinski definition) is 3. The lowest BCUT2D eigenvalue weighted by molar-refractivity contribution is 0.0367. The number of hydrogen-bond acceptors (Lipinski definition) is 5. The summed E-state index contributed by atoms with van der Waals surface area (Å²) >= 11 is 1.37. The Morgan fingerprint density at radius 3 is 2.68 bits per heavy atom. The van der Waals surface area contributed by atoms with Gasteiger partial charge in [-0.2, -0.15) is 0 Å². The molecule has 5 nitrogen and oxygen atoms in total. The van der Waals surface area contributed by atoms with E-state index in [9.17, 15) is 9.90 Å². The molecule has 0 fully saturated rings. The van der Waals surface area contributed by atoms with Crippen LogP contribution < -0.4 is 11.1 Å². The van der Waals surface area contributed by atoms with Gasteiger partial charge in [-0.05, 0) is 26.2 Å². The van der Waals surface area contributed by atoms with E-state index in [1.165, 1.54) is 11.3 Å². The molecule has 0 spiro atoms. The van der Waals surface area contributed by atoms with Crippen LogP contribution in [0.2, 0.25) is 0 Å². The normalized spacial score (nSPS) is 16.2. The molecule has 0 aliphatic heterocycles. The highest BCUT2D eigenvalue weighted by atomic mass is 32.1. The Bertz CT molecular complexity index is 427. The third-order valence-electron chi connectivity index (χ3n) is 2.62. The Morgan fingerprint density at radius 2 is 2.21 bits per heavy atom. The number of thiazole rings is 1. The molecular formula is C13H23N3O2S. The minimum absolute atomic E-state index is 0.171. The fourth-order valence-electron chi connectivity index (χ4n) is 1.91. The second-order valence-corrected chi connectivity index (χ2v) is 6.53. The van der Waals surface area contributed by atoms with E-state index in [2.05, 4.69) is 10.3 Å². The van der Waals surface area contributed by atoms with Crippen LogP contribution in [0.1, 0.15) is 55.7 Å². The van der Waals surface area contributed by atoms with E-state index in [0.717, 1.165) is 5.01 Å². The van der Waals surface area contributed by atoms with E-state index in [4.69, 9.17) is 5.73 Å². The van der Waals surface area contributed by atoms with Crippen LogP contribution in [0.15, 0.2) is 5.38 Å². The van der Waals surface area contributed by atoms with Gasteiger partial charge < -0.3 is 16.2 Å². The summed E-state index contributed by atoms with van der Waals surface area (Å²) in [6.07, 6.45) is 0.634. The summed E-state index contributed by atoms with van der Waals surface area (Å²) in [4.78, 5) is 16.1. The maximum Gasteiger partial charge on any atom is 0.270 e. The van der Waals surface area contributed by atoms with Crippen LogP contribution in [-0.4, -0.2) is 28.1 Å². The number of aromatic nitrogens is 1. The molecule has 1 heterocycles. The molecule has 19 heavy (non-hydrogen) atoms. The van der Waals surface area contributed by atoms with Gasteiger partial charge in [-0.3, -0.25) is 4.79 Å². The topological polar surface area (TPSA) is 88.2 Å². The van der Waals surface area contributed by atoms with E-state index in [0.29, 0.717) is 18.0 Å². The Morgan fingerprint density at radius 1 is 1.58 bits per heavy atom. The number of carbonyl (C=O) groups excluding carboxylic acids is 1. The van der Waals surface area contributed by atoms with Gasteiger partial charge in [0.1, 0.15) is 10.7 Å². The maximum atomic E-state index is 11.9. The smallest absolute Gasteiger partial charge is 0.270 e. The van der Waals surface area contributed by atoms with Gasteiger partial charge in [0.05, 0.1) is 11.6 Å². The molecule has 2 unspecified atom stereocenters. The number of aliphatic hydroxyl groups is 1. The average molecular weight is 285 g/mol. The third-order valence-corrected chi connectivity index (χ3v) is 3.67. The zero-order valence-electron chi connectivity index (χ0n) is 11.9. The number of nitrogens with two attached hydrogens (primary N) is 1. The number of carbonyl (C=O) groups is 1. The summed E-state index contributed by atoms with van der Waals surface area (Å²) in [6, 6.07) is -0.171. The Kier molecular flexibility index (Phi) is 5.46. The SMILES string of the molecule is CC(C)CC(C)(O)CNC(=O)c1csc(C(C)N)n1. The molecule has 0 bridgehead atoms. The number of nitrogens with zero attached hydrogens (tertiary/aromatic N) is 1. The van der Waals surface area contributed by atoms with Crippen molar-refractivity contribution in [2.24, 2.45) is 11.7 Å². The molecule has 0 aromatic carbocycles. The lowest BCUT2D eigenvalue weighted by Gasteiger charge is -2.25. The summed E-state index contributed by atoms with van der Waals surface area (Å²) in [5.74, 6) is 0.100. The molecule has 1 aromatic heterocycles. The molecular weight excluding hydrogens is 262 g/mol. The van der Waals surface area contributed by atoms with Gasteiger partial charge in [0.2, 0.25) is 0 Å². The molecule has 1 aromatic rings. The highest BCUT2D eigenvalue weighted by Crippen LogP contribution is 2.17. The number of nitrogens with one attached hydrogen (secondary N) is 1. The Balaban J connectivity index is 2.55. The van der Waals surface area contributed by atoms with Crippen LogP contribution in [0.3, 0.4) is 0 Å². The van der Waals surface area contributed by atoms with Gasteiger partial charge >= 0.3 is 0 Å². The minimum Gasteiger partial charge on any atom is -0.388 e. The summed E-state index contributed by atoms with van der Waals surface area (Å²) in [5.41, 5.74) is 5.16. The van der Waals surface area contributed by atoms with Crippen molar-refractivity contribution in [1.29, 1.82) is 0 Å². The molecule has 0 aliphatic carbocycles. The molecule has 2 atom stereocenters. The molecule has 1 amide bonds. The predicted octanol–water partition coefficient (Wildman–Crippen LogP) is 1.69. The van der Waals surface area contributed by atoms with Crippen molar-refractivity contribution in [2.75, 3.05) is 6.54 Å². The van der Waals surface area contributed by atoms with Gasteiger partial charge in [0, 0.05) is 11.9 Å². The zero-order valence-corrected chi connectivity index (χ0v) is 12.8. The highest BCUT2D eigenvalue weighted by Gasteiger charge is 2.23. The standard InChI is InChI=1S/C13H23N3O2S/c1-8(2)5-13(4,18)7-15-11(17)10-6-19-12(16-10)9(3)14/h6,8-9,18H,5,7,14H2,1-4H3,(H,15,17). The molecule has 0 saturated heterocycles. The van der Waals surface area contributed by atoms with Crippen LogP contribution in [-0.2, 0) is 0 Å². The van der Waals surface area contributed by atoms with Crippen molar-refractivity contribution in [2.45, 2.75) is 45.8 Å². The van der Waals surface area contributed by atoms with Crippen LogP contribution in [0.25, 0.3) is 0 Å². The van der Waals surface area contributed by atoms with Crippen LogP contribution >= 0.6 is 11.3 Å². The van der Waals surface area contributed by atoms with Gasteiger partial charge in [0.25, 0.3) is 5.91 Å². The quantitative estimate of drug-likeness (QED) is 0.742. The summed E-state index contributed by atoms with van der Waals surface area (Å²) in [6.45, 7) is 7.84. The first-order chi connectivity index (χ1) is 8.71. The van der Waals surface area contributed by atoms with E-state index >= 15 is 0 Å². The Hall–Kier alpha value is -0.980. The van der Waals surface area contributed by atoms with Gasteiger partial charge in [0.15, 0.2) is 0 Å². The molecule has 108 valence electrons. The van der Waals surface area contributed by atoms with Crippen molar-refractivity contribution in [3.8, 4) is 0 Å². The molecule has 6 heteroatoms. The van der Waals surface area contributed by atoms with Crippen molar-refractivity contribution in [3.63, 3.8) is 0 Å². The molecule has 1 rings (SSSR count). The van der Waals surface area contributed by atoms with Crippen LogP contribution in [0, 0.1) is 5.92 Å². The predicted molar refractivity (Wildman–Crippen MR) is 77.1 cm³/mol. The van der Waals surface area contributed by atoms with E-state index in [-0.39, 0.29) is 18.5 Å². The van der Waals surface area contributed by atoms with E-state index < -0.39 is 5.60 Å². The largest absolute Gasteiger partial charge is 0.388 e. The van der Waals surface area contributed by atoms with Crippen molar-refractivity contribution in [1.82, 2.24) is 10.3 Å². The number of rotatable bonds is 6. The van der Waals surface area contributed by atoms with E-state index in [1.807, 2.05) is 20.8 Å². The van der Waals surface area contributed by atoms with Gasteiger partial charge in [-0.1, -0.05) is 13.8 Å². The summed E-state index contributed by atoms with van der Waals surface area (Å²) < 4.78 is 0. The van der Waals surface area contributed by atoms with Crippen LogP contribution in [0.5, 0.6) is 0 Å². The maximum absolute atomic E-state index is 11.9. The zero-order chi connectivity index (χ0) is 14.6. The first kappa shape index (κ1) is 16.1. The lowest BCUT2D eigenvalue weighted by atomic mass is 9.94. The Labute approximate surface area is 118 Å². The third kappa shape index (κ3) is 5.26.